The number of carbonyl (C=O) groups is 2. The molecule has 0 radical (unpaired) electrons. The Labute approximate surface area is 282 Å². The summed E-state index contributed by atoms with van der Waals surface area (Å²) in [6.45, 7) is 0. The lowest BCUT2D eigenvalue weighted by atomic mass is 9.92. The van der Waals surface area contributed by atoms with Gasteiger partial charge in [0.2, 0.25) is 0 Å². The van der Waals surface area contributed by atoms with Gasteiger partial charge in [-0.05, 0) is 123 Å². The SMILES string of the molecule is O=C(c1ccc(F)cc1)c1cc(C(=O)c2ccc(F)cc2)cc(-c2ccc(-c3ccc(-c4ccc(-c5ccc(O)cc5)cc4)cc3)cc2)c1. The molecule has 0 amide bonds. The molecule has 49 heavy (non-hydrogen) atoms. The van der Waals surface area contributed by atoms with Crippen LogP contribution in [-0.4, -0.2) is 16.7 Å². The molecule has 0 unspecified atom stereocenters. The first-order valence-electron chi connectivity index (χ1n) is 15.7. The molecule has 7 rings (SSSR count). The molecule has 7 aromatic rings. The van der Waals surface area contributed by atoms with Crippen LogP contribution >= 0.6 is 0 Å². The zero-order chi connectivity index (χ0) is 33.9. The van der Waals surface area contributed by atoms with Crippen LogP contribution in [0.5, 0.6) is 5.75 Å². The van der Waals surface area contributed by atoms with Gasteiger partial charge in [0, 0.05) is 22.3 Å². The number of halogens is 2. The Kier molecular flexibility index (Phi) is 8.48. The third-order valence-electron chi connectivity index (χ3n) is 8.53. The molecule has 0 aromatic heterocycles. The molecule has 0 heterocycles. The van der Waals surface area contributed by atoms with E-state index in [-0.39, 0.29) is 28.4 Å². The Bertz CT molecular complexity index is 2200. The van der Waals surface area contributed by atoms with Gasteiger partial charge in [0.05, 0.1) is 0 Å². The molecule has 7 aromatic carbocycles. The molecule has 0 saturated heterocycles. The van der Waals surface area contributed by atoms with Crippen molar-refractivity contribution >= 4 is 11.6 Å². The van der Waals surface area contributed by atoms with E-state index in [1.807, 2.05) is 36.4 Å². The predicted molar refractivity (Wildman–Crippen MR) is 190 cm³/mol. The van der Waals surface area contributed by atoms with E-state index in [2.05, 4.69) is 48.5 Å². The number of benzene rings is 7. The lowest BCUT2D eigenvalue weighted by Gasteiger charge is -2.11. The van der Waals surface area contributed by atoms with Crippen LogP contribution in [0, 0.1) is 11.6 Å². The third-order valence-corrected chi connectivity index (χ3v) is 8.53. The van der Waals surface area contributed by atoms with E-state index in [9.17, 15) is 23.5 Å². The van der Waals surface area contributed by atoms with E-state index >= 15 is 0 Å². The second kappa shape index (κ2) is 13.3. The van der Waals surface area contributed by atoms with Crippen LogP contribution in [0.2, 0.25) is 0 Å². The van der Waals surface area contributed by atoms with Crippen molar-refractivity contribution in [3.05, 3.63) is 198 Å². The summed E-state index contributed by atoms with van der Waals surface area (Å²) in [6, 6.07) is 47.1. The van der Waals surface area contributed by atoms with Crippen molar-refractivity contribution in [3.8, 4) is 50.3 Å². The monoisotopic (exact) mass is 642 g/mol. The maximum Gasteiger partial charge on any atom is 0.193 e. The van der Waals surface area contributed by atoms with Gasteiger partial charge in [-0.2, -0.15) is 0 Å². The van der Waals surface area contributed by atoms with Crippen molar-refractivity contribution in [3.63, 3.8) is 0 Å². The summed E-state index contributed by atoms with van der Waals surface area (Å²) in [5, 5.41) is 9.57. The number of rotatable bonds is 8. The van der Waals surface area contributed by atoms with E-state index in [1.165, 1.54) is 54.6 Å². The van der Waals surface area contributed by atoms with E-state index < -0.39 is 11.6 Å². The predicted octanol–water partition coefficient (Wildman–Crippen LogP) is 10.8. The maximum absolute atomic E-state index is 13.6. The molecule has 5 heteroatoms. The van der Waals surface area contributed by atoms with Gasteiger partial charge in [-0.3, -0.25) is 9.59 Å². The molecule has 0 atom stereocenters. The first kappa shape index (κ1) is 31.2. The smallest absolute Gasteiger partial charge is 0.193 e. The van der Waals surface area contributed by atoms with Gasteiger partial charge in [0.15, 0.2) is 11.6 Å². The second-order valence-electron chi connectivity index (χ2n) is 11.7. The van der Waals surface area contributed by atoms with Crippen LogP contribution in [0.15, 0.2) is 164 Å². The first-order chi connectivity index (χ1) is 23.8. The van der Waals surface area contributed by atoms with Crippen LogP contribution in [0.3, 0.4) is 0 Å². The molecule has 0 aliphatic heterocycles. The molecule has 1 N–H and O–H groups in total. The minimum Gasteiger partial charge on any atom is -0.508 e. The summed E-state index contributed by atoms with van der Waals surface area (Å²) in [7, 11) is 0. The van der Waals surface area contributed by atoms with E-state index in [0.717, 1.165) is 38.9 Å². The standard InChI is InChI=1S/C44H28F2O3/c45-40-19-13-35(14-20-40)43(48)38-25-37(26-39(27-38)44(49)36-15-21-41(46)22-16-36)34-11-9-31(10-12-34)30-3-1-28(2-4-30)29-5-7-32(8-6-29)33-17-23-42(47)24-18-33/h1-27,47H. The maximum atomic E-state index is 13.6. The Balaban J connectivity index is 1.16. The normalized spacial score (nSPS) is 10.9. The van der Waals surface area contributed by atoms with Crippen LogP contribution in [0.1, 0.15) is 31.8 Å². The zero-order valence-electron chi connectivity index (χ0n) is 26.1. The van der Waals surface area contributed by atoms with Gasteiger partial charge < -0.3 is 5.11 Å². The average molecular weight is 643 g/mol. The Morgan fingerprint density at radius 2 is 0.592 bits per heavy atom. The number of aromatic hydroxyl groups is 1. The number of phenols is 1. The van der Waals surface area contributed by atoms with Gasteiger partial charge in [0.1, 0.15) is 17.4 Å². The number of hydrogen-bond donors (Lipinski definition) is 1. The highest BCUT2D eigenvalue weighted by Gasteiger charge is 2.17. The van der Waals surface area contributed by atoms with Crippen molar-refractivity contribution in [2.24, 2.45) is 0 Å². The Morgan fingerprint density at radius 3 is 0.898 bits per heavy atom. The third kappa shape index (κ3) is 6.83. The minimum absolute atomic E-state index is 0.239. The van der Waals surface area contributed by atoms with Crippen LogP contribution in [0.25, 0.3) is 44.5 Å². The van der Waals surface area contributed by atoms with Gasteiger partial charge in [-0.15, -0.1) is 0 Å². The van der Waals surface area contributed by atoms with E-state index in [1.54, 1.807) is 24.3 Å². The van der Waals surface area contributed by atoms with Crippen molar-refractivity contribution in [2.45, 2.75) is 0 Å². The first-order valence-corrected chi connectivity index (χ1v) is 15.7. The lowest BCUT2D eigenvalue weighted by Crippen LogP contribution is -2.07. The molecule has 236 valence electrons. The fourth-order valence-corrected chi connectivity index (χ4v) is 5.81. The number of phenolic OH excluding ortho intramolecular Hbond substituents is 1. The Hall–Kier alpha value is -6.46. The van der Waals surface area contributed by atoms with E-state index in [4.69, 9.17) is 0 Å². The topological polar surface area (TPSA) is 54.4 Å². The quantitative estimate of drug-likeness (QED) is 0.168. The van der Waals surface area contributed by atoms with Crippen LogP contribution < -0.4 is 0 Å². The van der Waals surface area contributed by atoms with Crippen LogP contribution in [-0.2, 0) is 0 Å². The highest BCUT2D eigenvalue weighted by atomic mass is 19.1. The Morgan fingerprint density at radius 1 is 0.327 bits per heavy atom. The van der Waals surface area contributed by atoms with Crippen molar-refractivity contribution in [2.75, 3.05) is 0 Å². The molecular weight excluding hydrogens is 614 g/mol. The van der Waals surface area contributed by atoms with Gasteiger partial charge >= 0.3 is 0 Å². The number of carbonyl (C=O) groups excluding carboxylic acids is 2. The fourth-order valence-electron chi connectivity index (χ4n) is 5.81. The molecule has 0 bridgehead atoms. The fraction of sp³-hybridized carbons (Fsp3) is 0. The lowest BCUT2D eigenvalue weighted by molar-refractivity contribution is 0.103. The number of hydrogen-bond acceptors (Lipinski definition) is 3. The summed E-state index contributed by atoms with van der Waals surface area (Å²) in [5.41, 5.74) is 8.92. The van der Waals surface area contributed by atoms with Gasteiger partial charge in [0.25, 0.3) is 0 Å². The second-order valence-corrected chi connectivity index (χ2v) is 11.7. The number of ketones is 2. The molecule has 0 aliphatic carbocycles. The van der Waals surface area contributed by atoms with Crippen molar-refractivity contribution < 1.29 is 23.5 Å². The van der Waals surface area contributed by atoms with Gasteiger partial charge in [-0.25, -0.2) is 8.78 Å². The van der Waals surface area contributed by atoms with Gasteiger partial charge in [-0.1, -0.05) is 84.9 Å². The van der Waals surface area contributed by atoms with Crippen molar-refractivity contribution in [1.29, 1.82) is 0 Å². The molecule has 0 fully saturated rings. The molecular formula is C44H28F2O3. The molecule has 0 spiro atoms. The summed E-state index contributed by atoms with van der Waals surface area (Å²) in [4.78, 5) is 26.9. The molecule has 0 aliphatic rings. The average Bonchev–Trinajstić information content (AvgIpc) is 3.15. The van der Waals surface area contributed by atoms with Crippen molar-refractivity contribution in [1.82, 2.24) is 0 Å². The molecule has 0 saturated carbocycles. The largest absolute Gasteiger partial charge is 0.508 e. The summed E-state index contributed by atoms with van der Waals surface area (Å²) < 4.78 is 27.1. The summed E-state index contributed by atoms with van der Waals surface area (Å²) >= 11 is 0. The van der Waals surface area contributed by atoms with Crippen LogP contribution in [0.4, 0.5) is 8.78 Å². The summed E-state index contributed by atoms with van der Waals surface area (Å²) in [5.74, 6) is -1.35. The highest BCUT2D eigenvalue weighted by Crippen LogP contribution is 2.31. The molecule has 3 nitrogen and oxygen atoms in total. The highest BCUT2D eigenvalue weighted by molar-refractivity contribution is 6.14. The summed E-state index contributed by atoms with van der Waals surface area (Å²) in [6.07, 6.45) is 0. The minimum atomic E-state index is -0.451. The zero-order valence-corrected chi connectivity index (χ0v) is 26.1. The van der Waals surface area contributed by atoms with E-state index in [0.29, 0.717) is 16.7 Å².